The third-order valence-electron chi connectivity index (χ3n) is 3.01. The molecule has 0 saturated heterocycles. The standard InChI is InChI=1S/C11H10F2N2O4/c12-7-4-8(13)9(15(18)19)3-6(7)10(17)14-11(5-16)1-2-11/h3-4,16H,1-2,5H2,(H,14,17). The Balaban J connectivity index is 2.31. The molecule has 0 atom stereocenters. The van der Waals surface area contributed by atoms with Crippen LogP contribution in [0.2, 0.25) is 0 Å². The Labute approximate surface area is 106 Å². The molecule has 8 heteroatoms. The van der Waals surface area contributed by atoms with Gasteiger partial charge >= 0.3 is 5.69 Å². The highest BCUT2D eigenvalue weighted by Gasteiger charge is 2.44. The van der Waals surface area contributed by atoms with Gasteiger partial charge in [-0.3, -0.25) is 14.9 Å². The van der Waals surface area contributed by atoms with E-state index in [0.717, 1.165) is 0 Å². The van der Waals surface area contributed by atoms with Gasteiger partial charge in [-0.1, -0.05) is 0 Å². The SMILES string of the molecule is O=C(NC1(CO)CC1)c1cc([N+](=O)[O-])c(F)cc1F. The van der Waals surface area contributed by atoms with Crippen molar-refractivity contribution in [1.29, 1.82) is 0 Å². The van der Waals surface area contributed by atoms with E-state index in [1.165, 1.54) is 0 Å². The van der Waals surface area contributed by atoms with Gasteiger partial charge in [-0.25, -0.2) is 4.39 Å². The van der Waals surface area contributed by atoms with E-state index in [1.807, 2.05) is 0 Å². The van der Waals surface area contributed by atoms with Gasteiger partial charge in [0.05, 0.1) is 22.6 Å². The van der Waals surface area contributed by atoms with E-state index in [0.29, 0.717) is 25.0 Å². The molecule has 0 aliphatic heterocycles. The maximum absolute atomic E-state index is 13.5. The van der Waals surface area contributed by atoms with Crippen LogP contribution in [0.4, 0.5) is 14.5 Å². The highest BCUT2D eigenvalue weighted by atomic mass is 19.1. The minimum Gasteiger partial charge on any atom is -0.394 e. The van der Waals surface area contributed by atoms with Crippen molar-refractivity contribution in [1.82, 2.24) is 5.32 Å². The summed E-state index contributed by atoms with van der Waals surface area (Å²) < 4.78 is 26.6. The third-order valence-corrected chi connectivity index (χ3v) is 3.01. The zero-order chi connectivity index (χ0) is 14.2. The molecule has 1 saturated carbocycles. The molecule has 0 radical (unpaired) electrons. The van der Waals surface area contributed by atoms with Gasteiger partial charge in [0.1, 0.15) is 5.82 Å². The molecule has 1 aromatic carbocycles. The molecule has 1 aromatic rings. The van der Waals surface area contributed by atoms with Crippen LogP contribution in [0, 0.1) is 21.7 Å². The molecule has 6 nitrogen and oxygen atoms in total. The van der Waals surface area contributed by atoms with Crippen LogP contribution in [0.1, 0.15) is 23.2 Å². The van der Waals surface area contributed by atoms with Crippen LogP contribution in [0.3, 0.4) is 0 Å². The maximum Gasteiger partial charge on any atom is 0.305 e. The van der Waals surface area contributed by atoms with Gasteiger partial charge in [-0.2, -0.15) is 4.39 Å². The topological polar surface area (TPSA) is 92.5 Å². The van der Waals surface area contributed by atoms with Gasteiger partial charge in [-0.15, -0.1) is 0 Å². The second kappa shape index (κ2) is 4.54. The Morgan fingerprint density at radius 3 is 2.53 bits per heavy atom. The number of carbonyl (C=O) groups excluding carboxylic acids is 1. The van der Waals surface area contributed by atoms with Crippen LogP contribution < -0.4 is 5.32 Å². The Bertz CT molecular complexity index is 558. The molecule has 1 aliphatic carbocycles. The largest absolute Gasteiger partial charge is 0.394 e. The molecular formula is C11H10F2N2O4. The van der Waals surface area contributed by atoms with Crippen LogP contribution >= 0.6 is 0 Å². The normalized spacial score (nSPS) is 15.9. The van der Waals surface area contributed by atoms with E-state index in [2.05, 4.69) is 5.32 Å². The number of hydrogen-bond acceptors (Lipinski definition) is 4. The fourth-order valence-electron chi connectivity index (χ4n) is 1.63. The average molecular weight is 272 g/mol. The molecule has 0 aromatic heterocycles. The number of carbonyl (C=O) groups is 1. The first kappa shape index (κ1) is 13.3. The lowest BCUT2D eigenvalue weighted by molar-refractivity contribution is -0.387. The zero-order valence-corrected chi connectivity index (χ0v) is 9.65. The van der Waals surface area contributed by atoms with Gasteiger partial charge < -0.3 is 10.4 Å². The van der Waals surface area contributed by atoms with E-state index in [4.69, 9.17) is 5.11 Å². The number of nitro groups is 1. The van der Waals surface area contributed by atoms with E-state index in [1.54, 1.807) is 0 Å². The minimum atomic E-state index is -1.35. The van der Waals surface area contributed by atoms with Crippen molar-refractivity contribution in [2.24, 2.45) is 0 Å². The quantitative estimate of drug-likeness (QED) is 0.634. The third kappa shape index (κ3) is 2.53. The fourth-order valence-corrected chi connectivity index (χ4v) is 1.63. The molecule has 1 aliphatic rings. The summed E-state index contributed by atoms with van der Waals surface area (Å²) in [4.78, 5) is 21.3. The summed E-state index contributed by atoms with van der Waals surface area (Å²) in [5.41, 5.74) is -2.37. The predicted octanol–water partition coefficient (Wildman–Crippen LogP) is 1.13. The van der Waals surface area contributed by atoms with Crippen molar-refractivity contribution in [3.63, 3.8) is 0 Å². The number of rotatable bonds is 4. The van der Waals surface area contributed by atoms with Crippen LogP contribution in [0.5, 0.6) is 0 Å². The second-order valence-corrected chi connectivity index (χ2v) is 4.43. The summed E-state index contributed by atoms with van der Waals surface area (Å²) in [6, 6.07) is 0.846. The molecule has 1 amide bonds. The lowest BCUT2D eigenvalue weighted by Crippen LogP contribution is -2.40. The molecule has 1 fully saturated rings. The van der Waals surface area contributed by atoms with Gasteiger partial charge in [-0.05, 0) is 12.8 Å². The number of nitro benzene ring substituents is 1. The molecule has 0 heterocycles. The number of aliphatic hydroxyl groups excluding tert-OH is 1. The minimum absolute atomic E-state index is 0.297. The highest BCUT2D eigenvalue weighted by molar-refractivity contribution is 5.95. The summed E-state index contributed by atoms with van der Waals surface area (Å²) in [7, 11) is 0. The van der Waals surface area contributed by atoms with Crippen molar-refractivity contribution >= 4 is 11.6 Å². The van der Waals surface area contributed by atoms with Gasteiger partial charge in [0.2, 0.25) is 5.82 Å². The van der Waals surface area contributed by atoms with Crippen molar-refractivity contribution < 1.29 is 23.6 Å². The highest BCUT2D eigenvalue weighted by Crippen LogP contribution is 2.35. The second-order valence-electron chi connectivity index (χ2n) is 4.43. The number of amides is 1. The number of benzene rings is 1. The first-order chi connectivity index (χ1) is 8.88. The summed E-state index contributed by atoms with van der Waals surface area (Å²) >= 11 is 0. The molecule has 2 rings (SSSR count). The maximum atomic E-state index is 13.5. The smallest absolute Gasteiger partial charge is 0.305 e. The molecule has 19 heavy (non-hydrogen) atoms. The Morgan fingerprint density at radius 2 is 2.05 bits per heavy atom. The number of nitrogens with zero attached hydrogens (tertiary/aromatic N) is 1. The van der Waals surface area contributed by atoms with E-state index >= 15 is 0 Å². The van der Waals surface area contributed by atoms with Crippen LogP contribution in [0.15, 0.2) is 12.1 Å². The van der Waals surface area contributed by atoms with Crippen molar-refractivity contribution in [3.8, 4) is 0 Å². The molecule has 0 bridgehead atoms. The monoisotopic (exact) mass is 272 g/mol. The predicted molar refractivity (Wildman–Crippen MR) is 59.5 cm³/mol. The molecule has 0 unspecified atom stereocenters. The first-order valence-corrected chi connectivity index (χ1v) is 5.45. The van der Waals surface area contributed by atoms with E-state index < -0.39 is 39.3 Å². The lowest BCUT2D eigenvalue weighted by Gasteiger charge is -2.14. The van der Waals surface area contributed by atoms with Crippen molar-refractivity contribution in [3.05, 3.63) is 39.4 Å². The number of aliphatic hydroxyl groups is 1. The molecule has 2 N–H and O–H groups in total. The van der Waals surface area contributed by atoms with Crippen LogP contribution in [-0.4, -0.2) is 28.1 Å². The Hall–Kier alpha value is -2.09. The van der Waals surface area contributed by atoms with Crippen molar-refractivity contribution in [2.75, 3.05) is 6.61 Å². The fraction of sp³-hybridized carbons (Fsp3) is 0.364. The van der Waals surface area contributed by atoms with Crippen molar-refractivity contribution in [2.45, 2.75) is 18.4 Å². The molecule has 102 valence electrons. The van der Waals surface area contributed by atoms with Crippen LogP contribution in [0.25, 0.3) is 0 Å². The van der Waals surface area contributed by atoms with E-state index in [9.17, 15) is 23.7 Å². The number of nitrogens with one attached hydrogen (secondary N) is 1. The van der Waals surface area contributed by atoms with Gasteiger partial charge in [0.15, 0.2) is 0 Å². The summed E-state index contributed by atoms with van der Waals surface area (Å²) in [6.07, 6.45) is 1.08. The summed E-state index contributed by atoms with van der Waals surface area (Å²) in [5.74, 6) is -3.44. The zero-order valence-electron chi connectivity index (χ0n) is 9.65. The summed E-state index contributed by atoms with van der Waals surface area (Å²) in [6.45, 7) is -0.302. The Morgan fingerprint density at radius 1 is 1.42 bits per heavy atom. The molecular weight excluding hydrogens is 262 g/mol. The Kier molecular flexibility index (Phi) is 3.19. The van der Waals surface area contributed by atoms with Gasteiger partial charge in [0.25, 0.3) is 5.91 Å². The van der Waals surface area contributed by atoms with Crippen LogP contribution in [-0.2, 0) is 0 Å². The average Bonchev–Trinajstić information content (AvgIpc) is 3.08. The molecule has 0 spiro atoms. The first-order valence-electron chi connectivity index (χ1n) is 5.45. The number of hydrogen-bond donors (Lipinski definition) is 2. The van der Waals surface area contributed by atoms with E-state index in [-0.39, 0.29) is 6.61 Å². The van der Waals surface area contributed by atoms with Gasteiger partial charge in [0, 0.05) is 12.1 Å². The number of halogens is 2. The summed E-state index contributed by atoms with van der Waals surface area (Å²) in [5, 5.41) is 22.0. The lowest BCUT2D eigenvalue weighted by atomic mass is 10.1.